The highest BCUT2D eigenvalue weighted by molar-refractivity contribution is 7.86. The Balaban J connectivity index is 3.63. The van der Waals surface area contributed by atoms with Crippen LogP contribution >= 0.6 is 0 Å². The van der Waals surface area contributed by atoms with E-state index >= 15 is 0 Å². The predicted octanol–water partition coefficient (Wildman–Crippen LogP) is -0.713. The van der Waals surface area contributed by atoms with Gasteiger partial charge in [0.05, 0.1) is 10.5 Å². The van der Waals surface area contributed by atoms with E-state index in [-0.39, 0.29) is 5.69 Å². The summed E-state index contributed by atoms with van der Waals surface area (Å²) >= 11 is 0. The monoisotopic (exact) mass is 232 g/mol. The highest BCUT2D eigenvalue weighted by Crippen LogP contribution is 2.27. The van der Waals surface area contributed by atoms with Crippen molar-refractivity contribution in [3.8, 4) is 5.75 Å². The summed E-state index contributed by atoms with van der Waals surface area (Å²) in [5, 5.41) is 19.8. The lowest BCUT2D eigenvalue weighted by molar-refractivity contribution is -0.273. The van der Waals surface area contributed by atoms with Crippen molar-refractivity contribution in [3.63, 3.8) is 0 Å². The molecule has 0 aliphatic carbocycles. The number of anilines is 1. The van der Waals surface area contributed by atoms with Crippen LogP contribution in [0.3, 0.4) is 0 Å². The first-order valence-electron chi connectivity index (χ1n) is 3.55. The second-order valence-electron chi connectivity index (χ2n) is 2.68. The van der Waals surface area contributed by atoms with E-state index in [2.05, 4.69) is 0 Å². The Kier molecular flexibility index (Phi) is 2.56. The molecule has 0 aliphatic heterocycles. The van der Waals surface area contributed by atoms with E-state index in [1.165, 1.54) is 0 Å². The lowest BCUT2D eigenvalue weighted by atomic mass is 10.2. The Morgan fingerprint density at radius 2 is 1.93 bits per heavy atom. The van der Waals surface area contributed by atoms with Crippen LogP contribution in [0.1, 0.15) is 10.4 Å². The van der Waals surface area contributed by atoms with Gasteiger partial charge in [-0.2, -0.15) is 8.42 Å². The molecule has 0 heterocycles. The van der Waals surface area contributed by atoms with Crippen molar-refractivity contribution < 1.29 is 28.0 Å². The molecule has 15 heavy (non-hydrogen) atoms. The maximum atomic E-state index is 11.2. The second kappa shape index (κ2) is 3.41. The minimum absolute atomic E-state index is 0.236. The minimum Gasteiger partial charge on any atom is -0.871 e. The maximum absolute atomic E-state index is 11.2. The molecule has 0 bridgehead atoms. The molecule has 0 saturated carbocycles. The number of hydrogen-bond acceptors (Lipinski definition) is 5. The molecule has 7 nitrogen and oxygen atoms in total. The average Bonchev–Trinajstić information content (AvgIpc) is 2.06. The molecule has 1 aromatic carbocycles. The molecular weight excluding hydrogens is 226 g/mol. The fourth-order valence-electron chi connectivity index (χ4n) is 0.974. The van der Waals surface area contributed by atoms with E-state index in [0.29, 0.717) is 6.07 Å². The Hall–Kier alpha value is -1.80. The van der Waals surface area contributed by atoms with Crippen LogP contribution in [-0.2, 0) is 10.1 Å². The van der Waals surface area contributed by atoms with E-state index in [9.17, 15) is 18.3 Å². The molecule has 0 saturated heterocycles. The number of rotatable bonds is 2. The molecule has 1 rings (SSSR count). The van der Waals surface area contributed by atoms with Crippen LogP contribution in [0.2, 0.25) is 0 Å². The molecule has 0 aromatic heterocycles. The van der Waals surface area contributed by atoms with Gasteiger partial charge in [0, 0.05) is 5.69 Å². The molecular formula is C7H6NO6S-. The zero-order valence-corrected chi connectivity index (χ0v) is 7.98. The third-order valence-corrected chi connectivity index (χ3v) is 2.44. The van der Waals surface area contributed by atoms with Crippen LogP contribution in [0, 0.1) is 0 Å². The number of nitrogen functional groups attached to an aromatic ring is 1. The molecule has 82 valence electrons. The van der Waals surface area contributed by atoms with Gasteiger partial charge in [-0.05, 0) is 12.1 Å². The molecule has 0 unspecified atom stereocenters. The van der Waals surface area contributed by atoms with Crippen molar-refractivity contribution >= 4 is 21.8 Å². The number of carbonyl (C=O) groups is 1. The Labute approximate surface area is 84.5 Å². The van der Waals surface area contributed by atoms with Gasteiger partial charge in [-0.1, -0.05) is 5.75 Å². The summed E-state index contributed by atoms with van der Waals surface area (Å²) in [5.41, 5.74) is 4.15. The molecule has 0 radical (unpaired) electrons. The summed E-state index contributed by atoms with van der Waals surface area (Å²) in [4.78, 5) is 9.48. The van der Waals surface area contributed by atoms with Gasteiger partial charge < -0.3 is 15.9 Å². The topological polar surface area (TPSA) is 141 Å². The van der Waals surface area contributed by atoms with Crippen LogP contribution in [0.15, 0.2) is 17.0 Å². The van der Waals surface area contributed by atoms with Gasteiger partial charge in [-0.15, -0.1) is 0 Å². The molecule has 0 aliphatic rings. The number of aromatic carboxylic acids is 1. The Morgan fingerprint density at radius 3 is 2.33 bits per heavy atom. The second-order valence-corrected chi connectivity index (χ2v) is 4.07. The van der Waals surface area contributed by atoms with E-state index in [1.54, 1.807) is 0 Å². The summed E-state index contributed by atoms with van der Waals surface area (Å²) in [6, 6.07) is 1.52. The van der Waals surface area contributed by atoms with E-state index in [1.807, 2.05) is 0 Å². The van der Waals surface area contributed by atoms with Gasteiger partial charge in [-0.25, -0.2) is 4.79 Å². The quantitative estimate of drug-likeness (QED) is 0.451. The van der Waals surface area contributed by atoms with Gasteiger partial charge in [0.2, 0.25) is 0 Å². The normalized spacial score (nSPS) is 11.3. The fraction of sp³-hybridized carbons (Fsp3) is 0. The van der Waals surface area contributed by atoms with Gasteiger partial charge >= 0.3 is 5.97 Å². The van der Waals surface area contributed by atoms with Gasteiger partial charge in [-0.3, -0.25) is 4.55 Å². The Bertz CT molecular complexity index is 521. The third-order valence-electron chi connectivity index (χ3n) is 1.59. The van der Waals surface area contributed by atoms with Crippen LogP contribution in [0.25, 0.3) is 0 Å². The zero-order valence-electron chi connectivity index (χ0n) is 7.17. The highest BCUT2D eigenvalue weighted by Gasteiger charge is 2.16. The van der Waals surface area contributed by atoms with Crippen LogP contribution in [0.4, 0.5) is 5.69 Å². The first-order chi connectivity index (χ1) is 6.73. The Morgan fingerprint density at radius 1 is 1.40 bits per heavy atom. The molecule has 0 amide bonds. The molecule has 0 atom stereocenters. The fourth-order valence-corrected chi connectivity index (χ4v) is 1.60. The lowest BCUT2D eigenvalue weighted by Crippen LogP contribution is -2.11. The van der Waals surface area contributed by atoms with Crippen molar-refractivity contribution in [1.29, 1.82) is 0 Å². The SMILES string of the molecule is Nc1cc(C(=O)O)c([O-])c(S(=O)(=O)O)c1. The number of benzene rings is 1. The standard InChI is InChI=1S/C7H7NO6S/c8-3-1-4(7(10)11)6(9)5(2-3)15(12,13)14/h1-2,9H,8H2,(H,10,11)(H,12,13,14)/p-1. The summed E-state index contributed by atoms with van der Waals surface area (Å²) in [5.74, 6) is -2.91. The van der Waals surface area contributed by atoms with Crippen molar-refractivity contribution in [2.45, 2.75) is 4.90 Å². The first kappa shape index (κ1) is 11.3. The van der Waals surface area contributed by atoms with Crippen LogP contribution in [-0.4, -0.2) is 24.0 Å². The molecule has 0 fully saturated rings. The number of carboxylic acid groups (broad SMARTS) is 1. The van der Waals surface area contributed by atoms with E-state index < -0.39 is 32.3 Å². The molecule has 0 spiro atoms. The largest absolute Gasteiger partial charge is 0.871 e. The zero-order chi connectivity index (χ0) is 11.8. The van der Waals surface area contributed by atoms with Crippen molar-refractivity contribution in [3.05, 3.63) is 17.7 Å². The van der Waals surface area contributed by atoms with E-state index in [0.717, 1.165) is 6.07 Å². The maximum Gasteiger partial charge on any atom is 0.335 e. The minimum atomic E-state index is -4.77. The summed E-state index contributed by atoms with van der Waals surface area (Å²) in [6.45, 7) is 0. The number of nitrogens with two attached hydrogens (primary N) is 1. The van der Waals surface area contributed by atoms with Gasteiger partial charge in [0.1, 0.15) is 0 Å². The first-order valence-corrected chi connectivity index (χ1v) is 4.99. The van der Waals surface area contributed by atoms with E-state index in [4.69, 9.17) is 15.4 Å². The lowest BCUT2D eigenvalue weighted by Gasteiger charge is -2.14. The summed E-state index contributed by atoms with van der Waals surface area (Å²) in [6.07, 6.45) is 0. The predicted molar refractivity (Wildman–Crippen MR) is 47.1 cm³/mol. The highest BCUT2D eigenvalue weighted by atomic mass is 32.2. The number of carboxylic acids is 1. The van der Waals surface area contributed by atoms with Gasteiger partial charge in [0.25, 0.3) is 10.1 Å². The van der Waals surface area contributed by atoms with Crippen LogP contribution < -0.4 is 10.8 Å². The van der Waals surface area contributed by atoms with Crippen molar-refractivity contribution in [2.24, 2.45) is 0 Å². The van der Waals surface area contributed by atoms with Crippen LogP contribution in [0.5, 0.6) is 5.75 Å². The smallest absolute Gasteiger partial charge is 0.335 e. The summed E-state index contributed by atoms with van der Waals surface area (Å²) in [7, 11) is -4.77. The van der Waals surface area contributed by atoms with Crippen molar-refractivity contribution in [1.82, 2.24) is 0 Å². The molecule has 1 aromatic rings. The molecule has 8 heteroatoms. The average molecular weight is 232 g/mol. The number of hydrogen-bond donors (Lipinski definition) is 3. The summed E-state index contributed by atoms with van der Waals surface area (Å²) < 4.78 is 30.0. The molecule has 4 N–H and O–H groups in total. The van der Waals surface area contributed by atoms with Crippen molar-refractivity contribution in [2.75, 3.05) is 5.73 Å². The van der Waals surface area contributed by atoms with Gasteiger partial charge in [0.15, 0.2) is 0 Å². The third kappa shape index (κ3) is 2.17.